The molecule has 0 saturated carbocycles. The van der Waals surface area contributed by atoms with Crippen molar-refractivity contribution in [1.29, 1.82) is 0 Å². The third-order valence-corrected chi connectivity index (χ3v) is 3.33. The van der Waals surface area contributed by atoms with E-state index in [9.17, 15) is 8.78 Å². The molecular formula is C13H9F2IO. The van der Waals surface area contributed by atoms with E-state index in [-0.39, 0.29) is 11.6 Å². The van der Waals surface area contributed by atoms with Crippen molar-refractivity contribution in [3.05, 3.63) is 51.6 Å². The zero-order chi connectivity index (χ0) is 12.4. The maximum absolute atomic E-state index is 13.5. The predicted octanol–water partition coefficient (Wildman–Crippen LogP) is 4.25. The van der Waals surface area contributed by atoms with Crippen LogP contribution in [0.15, 0.2) is 36.4 Å². The number of benzene rings is 2. The zero-order valence-corrected chi connectivity index (χ0v) is 11.2. The van der Waals surface area contributed by atoms with Crippen LogP contribution >= 0.6 is 22.6 Å². The number of methoxy groups -OCH3 is 1. The Morgan fingerprint density at radius 2 is 1.82 bits per heavy atom. The molecule has 0 N–H and O–H groups in total. The van der Waals surface area contributed by atoms with Crippen LogP contribution < -0.4 is 4.74 Å². The average Bonchev–Trinajstić information content (AvgIpc) is 2.32. The Bertz CT molecular complexity index is 555. The topological polar surface area (TPSA) is 9.23 Å². The van der Waals surface area contributed by atoms with E-state index in [2.05, 4.69) is 22.6 Å². The molecule has 1 nitrogen and oxygen atoms in total. The highest BCUT2D eigenvalue weighted by atomic mass is 127. The van der Waals surface area contributed by atoms with E-state index in [4.69, 9.17) is 4.74 Å². The maximum Gasteiger partial charge on any atom is 0.165 e. The lowest BCUT2D eigenvalue weighted by Crippen LogP contribution is -1.90. The van der Waals surface area contributed by atoms with Gasteiger partial charge in [-0.1, -0.05) is 6.07 Å². The van der Waals surface area contributed by atoms with Gasteiger partial charge in [0.25, 0.3) is 0 Å². The van der Waals surface area contributed by atoms with E-state index < -0.39 is 5.82 Å². The molecule has 0 aliphatic carbocycles. The summed E-state index contributed by atoms with van der Waals surface area (Å²) in [6, 6.07) is 9.02. The third-order valence-electron chi connectivity index (χ3n) is 2.39. The molecule has 0 fully saturated rings. The maximum atomic E-state index is 13.5. The Labute approximate surface area is 112 Å². The fraction of sp³-hybridized carbons (Fsp3) is 0.0769. The fourth-order valence-electron chi connectivity index (χ4n) is 1.55. The molecule has 0 unspecified atom stereocenters. The van der Waals surface area contributed by atoms with Gasteiger partial charge < -0.3 is 4.74 Å². The summed E-state index contributed by atoms with van der Waals surface area (Å²) in [7, 11) is 1.41. The van der Waals surface area contributed by atoms with Crippen LogP contribution in [0.3, 0.4) is 0 Å². The van der Waals surface area contributed by atoms with Crippen LogP contribution in [0, 0.1) is 15.2 Å². The van der Waals surface area contributed by atoms with Crippen LogP contribution in [-0.4, -0.2) is 7.11 Å². The summed E-state index contributed by atoms with van der Waals surface area (Å²) in [6.45, 7) is 0. The van der Waals surface area contributed by atoms with E-state index in [1.165, 1.54) is 31.4 Å². The molecule has 2 rings (SSSR count). The van der Waals surface area contributed by atoms with Crippen LogP contribution in [0.25, 0.3) is 11.1 Å². The molecule has 4 heteroatoms. The molecular weight excluding hydrogens is 337 g/mol. The minimum Gasteiger partial charge on any atom is -0.494 e. The van der Waals surface area contributed by atoms with Crippen LogP contribution in [0.5, 0.6) is 5.75 Å². The number of rotatable bonds is 2. The standard InChI is InChI=1S/C13H9F2IO/c1-17-13-5-2-8(6-11(13)15)10-7-9(14)3-4-12(10)16/h2-7H,1H3. The smallest absolute Gasteiger partial charge is 0.165 e. The lowest BCUT2D eigenvalue weighted by molar-refractivity contribution is 0.386. The second-order valence-electron chi connectivity index (χ2n) is 3.47. The number of ether oxygens (including phenoxy) is 1. The first-order valence-electron chi connectivity index (χ1n) is 4.91. The van der Waals surface area contributed by atoms with Crippen molar-refractivity contribution in [1.82, 2.24) is 0 Å². The molecule has 0 spiro atoms. The summed E-state index contributed by atoms with van der Waals surface area (Å²) in [5.41, 5.74) is 1.30. The van der Waals surface area contributed by atoms with Gasteiger partial charge in [-0.05, 0) is 64.0 Å². The first-order chi connectivity index (χ1) is 8.11. The van der Waals surface area contributed by atoms with Crippen LogP contribution in [0.2, 0.25) is 0 Å². The van der Waals surface area contributed by atoms with Crippen molar-refractivity contribution in [2.45, 2.75) is 0 Å². The molecule has 0 atom stereocenters. The van der Waals surface area contributed by atoms with Gasteiger partial charge in [0, 0.05) is 3.57 Å². The van der Waals surface area contributed by atoms with Crippen molar-refractivity contribution >= 4 is 22.6 Å². The molecule has 2 aromatic rings. The van der Waals surface area contributed by atoms with Crippen molar-refractivity contribution in [3.8, 4) is 16.9 Å². The van der Waals surface area contributed by atoms with Crippen LogP contribution in [0.4, 0.5) is 8.78 Å². The van der Waals surface area contributed by atoms with Gasteiger partial charge in [0.05, 0.1) is 7.11 Å². The first-order valence-corrected chi connectivity index (χ1v) is 5.98. The molecule has 0 saturated heterocycles. The Kier molecular flexibility index (Phi) is 3.61. The summed E-state index contributed by atoms with van der Waals surface area (Å²) in [5.74, 6) is -0.609. The summed E-state index contributed by atoms with van der Waals surface area (Å²) >= 11 is 2.09. The van der Waals surface area contributed by atoms with Gasteiger partial charge in [-0.25, -0.2) is 8.78 Å². The van der Waals surface area contributed by atoms with Crippen molar-refractivity contribution in [2.24, 2.45) is 0 Å². The average molecular weight is 346 g/mol. The first kappa shape index (κ1) is 12.3. The Hall–Kier alpha value is -1.17. The number of hydrogen-bond acceptors (Lipinski definition) is 1. The molecule has 2 aromatic carbocycles. The third kappa shape index (κ3) is 2.57. The van der Waals surface area contributed by atoms with Crippen LogP contribution in [0.1, 0.15) is 0 Å². The van der Waals surface area contributed by atoms with Crippen LogP contribution in [-0.2, 0) is 0 Å². The molecule has 0 aromatic heterocycles. The molecule has 88 valence electrons. The Balaban J connectivity index is 2.53. The SMILES string of the molecule is COc1ccc(-c2cc(F)ccc2I)cc1F. The van der Waals surface area contributed by atoms with Gasteiger partial charge in [-0.2, -0.15) is 0 Å². The van der Waals surface area contributed by atoms with Crippen molar-refractivity contribution in [2.75, 3.05) is 7.11 Å². The molecule has 0 heterocycles. The van der Waals surface area contributed by atoms with Gasteiger partial charge in [-0.15, -0.1) is 0 Å². The van der Waals surface area contributed by atoms with Gasteiger partial charge in [0.2, 0.25) is 0 Å². The second kappa shape index (κ2) is 5.00. The Morgan fingerprint density at radius 3 is 2.47 bits per heavy atom. The molecule has 17 heavy (non-hydrogen) atoms. The molecule has 0 radical (unpaired) electrons. The molecule has 0 bridgehead atoms. The lowest BCUT2D eigenvalue weighted by atomic mass is 10.1. The Morgan fingerprint density at radius 1 is 1.06 bits per heavy atom. The van der Waals surface area contributed by atoms with Crippen molar-refractivity contribution in [3.63, 3.8) is 0 Å². The molecule has 0 aliphatic rings. The van der Waals surface area contributed by atoms with Gasteiger partial charge in [-0.3, -0.25) is 0 Å². The summed E-state index contributed by atoms with van der Waals surface area (Å²) < 4.78 is 32.4. The number of hydrogen-bond donors (Lipinski definition) is 0. The minimum absolute atomic E-state index is 0.181. The predicted molar refractivity (Wildman–Crippen MR) is 71.1 cm³/mol. The van der Waals surface area contributed by atoms with Crippen molar-refractivity contribution < 1.29 is 13.5 Å². The van der Waals surface area contributed by atoms with Gasteiger partial charge in [0.15, 0.2) is 11.6 Å². The summed E-state index contributed by atoms with van der Waals surface area (Å²) in [5, 5.41) is 0. The quantitative estimate of drug-likeness (QED) is 0.739. The minimum atomic E-state index is -0.454. The fourth-order valence-corrected chi connectivity index (χ4v) is 2.20. The van der Waals surface area contributed by atoms with E-state index in [1.54, 1.807) is 12.1 Å². The normalized spacial score (nSPS) is 10.4. The van der Waals surface area contributed by atoms with E-state index in [1.807, 2.05) is 0 Å². The van der Waals surface area contributed by atoms with Gasteiger partial charge >= 0.3 is 0 Å². The van der Waals surface area contributed by atoms with Gasteiger partial charge in [0.1, 0.15) is 5.82 Å². The van der Waals surface area contributed by atoms with E-state index >= 15 is 0 Å². The van der Waals surface area contributed by atoms with E-state index in [0.717, 1.165) is 3.57 Å². The van der Waals surface area contributed by atoms with E-state index in [0.29, 0.717) is 11.1 Å². The summed E-state index contributed by atoms with van der Waals surface area (Å²) in [4.78, 5) is 0. The lowest BCUT2D eigenvalue weighted by Gasteiger charge is -2.07. The summed E-state index contributed by atoms with van der Waals surface area (Å²) in [6.07, 6.45) is 0. The second-order valence-corrected chi connectivity index (χ2v) is 4.64. The monoisotopic (exact) mass is 346 g/mol. The largest absolute Gasteiger partial charge is 0.494 e. The highest BCUT2D eigenvalue weighted by Gasteiger charge is 2.08. The zero-order valence-electron chi connectivity index (χ0n) is 9.01. The number of halogens is 3. The molecule has 0 aliphatic heterocycles. The highest BCUT2D eigenvalue weighted by molar-refractivity contribution is 14.1. The molecule has 0 amide bonds. The highest BCUT2D eigenvalue weighted by Crippen LogP contribution is 2.29.